The maximum absolute atomic E-state index is 12.0. The lowest BCUT2D eigenvalue weighted by atomic mass is 10.2. The molecule has 0 aromatic heterocycles. The molecule has 0 saturated heterocycles. The summed E-state index contributed by atoms with van der Waals surface area (Å²) in [4.78, 5) is 4.13. The smallest absolute Gasteiger partial charge is 0.406 e. The molecular weight excluding hydrogens is 271 g/mol. The van der Waals surface area contributed by atoms with Gasteiger partial charge in [0.2, 0.25) is 0 Å². The minimum atomic E-state index is -4.67. The summed E-state index contributed by atoms with van der Waals surface area (Å²) in [5, 5.41) is 3.07. The summed E-state index contributed by atoms with van der Waals surface area (Å²) in [5.74, 6) is 0.723. The van der Waals surface area contributed by atoms with E-state index < -0.39 is 6.36 Å². The molecule has 1 saturated carbocycles. The molecule has 3 N–H and O–H groups in total. The zero-order chi connectivity index (χ0) is 14.8. The molecule has 0 bridgehead atoms. The first-order valence-electron chi connectivity index (χ1n) is 6.24. The Hall–Kier alpha value is -1.92. The Morgan fingerprint density at radius 2 is 2.00 bits per heavy atom. The monoisotopic (exact) mass is 287 g/mol. The van der Waals surface area contributed by atoms with Crippen LogP contribution in [0.3, 0.4) is 0 Å². The second-order valence-corrected chi connectivity index (χ2v) is 4.86. The van der Waals surface area contributed by atoms with Gasteiger partial charge < -0.3 is 15.8 Å². The summed E-state index contributed by atoms with van der Waals surface area (Å²) in [6.45, 7) is 2.43. The molecular formula is C13H16F3N3O. The molecule has 110 valence electrons. The highest BCUT2D eigenvalue weighted by atomic mass is 19.4. The number of guanidine groups is 1. The van der Waals surface area contributed by atoms with Gasteiger partial charge in [0, 0.05) is 6.04 Å². The maximum Gasteiger partial charge on any atom is 0.573 e. The van der Waals surface area contributed by atoms with Gasteiger partial charge in [-0.3, -0.25) is 0 Å². The molecule has 1 aliphatic rings. The number of benzene rings is 1. The van der Waals surface area contributed by atoms with Crippen molar-refractivity contribution in [2.24, 2.45) is 16.6 Å². The molecule has 2 rings (SSSR count). The summed E-state index contributed by atoms with van der Waals surface area (Å²) in [7, 11) is 0. The highest BCUT2D eigenvalue weighted by molar-refractivity contribution is 5.78. The van der Waals surface area contributed by atoms with Crippen molar-refractivity contribution >= 4 is 5.96 Å². The van der Waals surface area contributed by atoms with Crippen LogP contribution < -0.4 is 15.8 Å². The second kappa shape index (κ2) is 5.60. The molecule has 0 aliphatic heterocycles. The lowest BCUT2D eigenvalue weighted by molar-refractivity contribution is -0.274. The SMILES string of the molecule is CC1CC1NC(N)=NCc1ccc(OC(F)(F)F)cc1. The number of nitrogens with one attached hydrogen (secondary N) is 1. The van der Waals surface area contributed by atoms with E-state index in [1.54, 1.807) is 0 Å². The van der Waals surface area contributed by atoms with Gasteiger partial charge in [0.15, 0.2) is 5.96 Å². The van der Waals surface area contributed by atoms with Crippen LogP contribution in [0.25, 0.3) is 0 Å². The van der Waals surface area contributed by atoms with Gasteiger partial charge in [0.05, 0.1) is 6.54 Å². The van der Waals surface area contributed by atoms with Gasteiger partial charge in [0.1, 0.15) is 5.75 Å². The van der Waals surface area contributed by atoms with E-state index in [1.165, 1.54) is 24.3 Å². The van der Waals surface area contributed by atoms with E-state index in [4.69, 9.17) is 5.73 Å². The van der Waals surface area contributed by atoms with Crippen molar-refractivity contribution in [1.82, 2.24) is 5.32 Å². The van der Waals surface area contributed by atoms with Crippen LogP contribution in [0, 0.1) is 5.92 Å². The van der Waals surface area contributed by atoms with Gasteiger partial charge in [-0.1, -0.05) is 19.1 Å². The number of alkyl halides is 3. The summed E-state index contributed by atoms with van der Waals surface area (Å²) in [6, 6.07) is 5.95. The largest absolute Gasteiger partial charge is 0.573 e. The van der Waals surface area contributed by atoms with Gasteiger partial charge in [-0.25, -0.2) is 4.99 Å². The average Bonchev–Trinajstić information content (AvgIpc) is 3.02. The number of aliphatic imine (C=N–C) groups is 1. The molecule has 7 heteroatoms. The topological polar surface area (TPSA) is 59.6 Å². The van der Waals surface area contributed by atoms with Gasteiger partial charge >= 0.3 is 6.36 Å². The lowest BCUT2D eigenvalue weighted by Crippen LogP contribution is -2.34. The van der Waals surface area contributed by atoms with Gasteiger partial charge in [0.25, 0.3) is 0 Å². The van der Waals surface area contributed by atoms with Gasteiger partial charge in [-0.2, -0.15) is 0 Å². The van der Waals surface area contributed by atoms with Crippen molar-refractivity contribution in [1.29, 1.82) is 0 Å². The van der Waals surface area contributed by atoms with Crippen LogP contribution >= 0.6 is 0 Å². The highest BCUT2D eigenvalue weighted by Crippen LogP contribution is 2.28. The van der Waals surface area contributed by atoms with Gasteiger partial charge in [-0.15, -0.1) is 13.2 Å². The van der Waals surface area contributed by atoms with E-state index in [2.05, 4.69) is 22.0 Å². The third kappa shape index (κ3) is 4.64. The van der Waals surface area contributed by atoms with Crippen LogP contribution in [0.4, 0.5) is 13.2 Å². The summed E-state index contributed by atoms with van der Waals surface area (Å²) < 4.78 is 39.7. The van der Waals surface area contributed by atoms with Gasteiger partial charge in [-0.05, 0) is 30.0 Å². The Balaban J connectivity index is 1.85. The average molecular weight is 287 g/mol. The number of ether oxygens (including phenoxy) is 1. The predicted octanol–water partition coefficient (Wildman–Crippen LogP) is 2.40. The van der Waals surface area contributed by atoms with Crippen molar-refractivity contribution < 1.29 is 17.9 Å². The molecule has 0 radical (unpaired) electrons. The Morgan fingerprint density at radius 1 is 1.40 bits per heavy atom. The molecule has 1 aliphatic carbocycles. The van der Waals surface area contributed by atoms with Crippen LogP contribution in [-0.2, 0) is 6.54 Å². The van der Waals surface area contributed by atoms with Crippen LogP contribution in [0.2, 0.25) is 0 Å². The standard InChI is InChI=1S/C13H16F3N3O/c1-8-6-11(8)19-12(17)18-7-9-2-4-10(5-3-9)20-13(14,15)16/h2-5,8,11H,6-7H2,1H3,(H3,17,18,19). The summed E-state index contributed by atoms with van der Waals surface area (Å²) in [5.41, 5.74) is 6.46. The molecule has 0 spiro atoms. The third-order valence-corrected chi connectivity index (χ3v) is 3.03. The van der Waals surface area contributed by atoms with E-state index in [-0.39, 0.29) is 5.75 Å². The zero-order valence-electron chi connectivity index (χ0n) is 10.9. The Bertz CT molecular complexity index is 485. The lowest BCUT2D eigenvalue weighted by Gasteiger charge is -2.09. The molecule has 4 nitrogen and oxygen atoms in total. The highest BCUT2D eigenvalue weighted by Gasteiger charge is 2.32. The Labute approximate surface area is 114 Å². The van der Waals surface area contributed by atoms with E-state index in [0.29, 0.717) is 24.5 Å². The Morgan fingerprint density at radius 3 is 2.50 bits per heavy atom. The van der Waals surface area contributed by atoms with E-state index in [0.717, 1.165) is 12.0 Å². The fraction of sp³-hybridized carbons (Fsp3) is 0.462. The fourth-order valence-corrected chi connectivity index (χ4v) is 1.73. The van der Waals surface area contributed by atoms with Crippen LogP contribution in [0.15, 0.2) is 29.3 Å². The first-order chi connectivity index (χ1) is 9.33. The first kappa shape index (κ1) is 14.5. The number of hydrogen-bond acceptors (Lipinski definition) is 2. The minimum Gasteiger partial charge on any atom is -0.406 e. The zero-order valence-corrected chi connectivity index (χ0v) is 10.9. The van der Waals surface area contributed by atoms with Crippen molar-refractivity contribution in [3.8, 4) is 5.75 Å². The van der Waals surface area contributed by atoms with E-state index >= 15 is 0 Å². The molecule has 2 unspecified atom stereocenters. The van der Waals surface area contributed by atoms with Crippen molar-refractivity contribution in [3.63, 3.8) is 0 Å². The normalized spacial score (nSPS) is 22.5. The summed E-state index contributed by atoms with van der Waals surface area (Å²) in [6.07, 6.45) is -3.59. The van der Waals surface area contributed by atoms with E-state index in [9.17, 15) is 13.2 Å². The quantitative estimate of drug-likeness (QED) is 0.660. The molecule has 20 heavy (non-hydrogen) atoms. The number of halogens is 3. The minimum absolute atomic E-state index is 0.247. The molecule has 0 heterocycles. The Kier molecular flexibility index (Phi) is 4.06. The van der Waals surface area contributed by atoms with Crippen molar-refractivity contribution in [3.05, 3.63) is 29.8 Å². The number of rotatable bonds is 4. The second-order valence-electron chi connectivity index (χ2n) is 4.86. The van der Waals surface area contributed by atoms with Crippen LogP contribution in [0.1, 0.15) is 18.9 Å². The molecule has 0 amide bonds. The molecule has 2 atom stereocenters. The third-order valence-electron chi connectivity index (χ3n) is 3.03. The predicted molar refractivity (Wildman–Crippen MR) is 69.2 cm³/mol. The number of nitrogens with two attached hydrogens (primary N) is 1. The summed E-state index contributed by atoms with van der Waals surface area (Å²) >= 11 is 0. The molecule has 1 aromatic rings. The van der Waals surface area contributed by atoms with Crippen molar-refractivity contribution in [2.45, 2.75) is 32.3 Å². The van der Waals surface area contributed by atoms with E-state index in [1.807, 2.05) is 0 Å². The first-order valence-corrected chi connectivity index (χ1v) is 6.24. The van der Waals surface area contributed by atoms with Crippen molar-refractivity contribution in [2.75, 3.05) is 0 Å². The number of nitrogens with zero attached hydrogens (tertiary/aromatic N) is 1. The molecule has 1 aromatic carbocycles. The fourth-order valence-electron chi connectivity index (χ4n) is 1.73. The number of hydrogen-bond donors (Lipinski definition) is 2. The van der Waals surface area contributed by atoms with Crippen LogP contribution in [-0.4, -0.2) is 18.4 Å². The molecule has 1 fully saturated rings. The maximum atomic E-state index is 12.0. The van der Waals surface area contributed by atoms with Crippen LogP contribution in [0.5, 0.6) is 5.75 Å².